The molecule has 0 saturated carbocycles. The molecule has 142 valence electrons. The van der Waals surface area contributed by atoms with Crippen molar-refractivity contribution in [3.63, 3.8) is 0 Å². The van der Waals surface area contributed by atoms with Crippen molar-refractivity contribution >= 4 is 41.8 Å². The highest BCUT2D eigenvalue weighted by Crippen LogP contribution is 2.23. The Morgan fingerprint density at radius 1 is 1.22 bits per heavy atom. The van der Waals surface area contributed by atoms with Crippen LogP contribution in [0.2, 0.25) is 5.02 Å². The Kier molecular flexibility index (Phi) is 5.86. The summed E-state index contributed by atoms with van der Waals surface area (Å²) in [5.41, 5.74) is -2.73. The average molecular weight is 415 g/mol. The van der Waals surface area contributed by atoms with Gasteiger partial charge in [-0.3, -0.25) is 13.9 Å². The van der Waals surface area contributed by atoms with E-state index in [1.165, 1.54) is 21.0 Å². The van der Waals surface area contributed by atoms with Gasteiger partial charge in [-0.05, 0) is 24.4 Å². The fraction of sp³-hybridized carbons (Fsp3) is 0.200. The second-order valence-corrected chi connectivity index (χ2v) is 6.08. The molecule has 9 nitrogen and oxygen atoms in total. The van der Waals surface area contributed by atoms with Crippen LogP contribution >= 0.6 is 23.8 Å². The first-order valence-electron chi connectivity index (χ1n) is 7.20. The van der Waals surface area contributed by atoms with Crippen molar-refractivity contribution in [3.8, 4) is 5.69 Å². The molecule has 0 unspecified atom stereocenters. The number of oxime groups is 1. The normalized spacial score (nSPS) is 11.0. The van der Waals surface area contributed by atoms with E-state index in [0.717, 1.165) is 27.5 Å². The topological polar surface area (TPSA) is 105 Å². The first-order chi connectivity index (χ1) is 12.6. The second-order valence-electron chi connectivity index (χ2n) is 5.31. The van der Waals surface area contributed by atoms with Gasteiger partial charge in [0.25, 0.3) is 0 Å². The SMILES string of the molecule is CC(=O)C=NOC(=O)c1cc(-n2c(=O)n(C)c(=S)n(C)c2=O)c(F)cc1Cl. The molecule has 0 amide bonds. The minimum Gasteiger partial charge on any atom is -0.313 e. The summed E-state index contributed by atoms with van der Waals surface area (Å²) in [4.78, 5) is 52.1. The Balaban J connectivity index is 2.70. The number of Topliss-reactive ketones (excluding diaryl/α,β-unsaturated/α-hetero) is 1. The van der Waals surface area contributed by atoms with Crippen LogP contribution in [0.1, 0.15) is 17.3 Å². The second kappa shape index (κ2) is 7.76. The van der Waals surface area contributed by atoms with Crippen molar-refractivity contribution in [2.75, 3.05) is 0 Å². The van der Waals surface area contributed by atoms with E-state index < -0.39 is 34.6 Å². The van der Waals surface area contributed by atoms with Crippen LogP contribution in [0.5, 0.6) is 0 Å². The Labute approximate surface area is 160 Å². The van der Waals surface area contributed by atoms with Crippen LogP contribution in [0.25, 0.3) is 5.69 Å². The van der Waals surface area contributed by atoms with Gasteiger partial charge in [-0.1, -0.05) is 16.8 Å². The number of carbonyl (C=O) groups is 2. The zero-order chi connectivity index (χ0) is 20.5. The fourth-order valence-corrected chi connectivity index (χ4v) is 2.42. The quantitative estimate of drug-likeness (QED) is 0.321. The Morgan fingerprint density at radius 2 is 1.78 bits per heavy atom. The van der Waals surface area contributed by atoms with Crippen LogP contribution in [-0.2, 0) is 23.7 Å². The van der Waals surface area contributed by atoms with Gasteiger partial charge in [0, 0.05) is 21.0 Å². The van der Waals surface area contributed by atoms with Crippen LogP contribution < -0.4 is 11.4 Å². The molecule has 2 aromatic rings. The van der Waals surface area contributed by atoms with Crippen molar-refractivity contribution in [3.05, 3.63) is 54.3 Å². The number of hydrogen-bond acceptors (Lipinski definition) is 7. The van der Waals surface area contributed by atoms with Crippen LogP contribution in [0.4, 0.5) is 4.39 Å². The van der Waals surface area contributed by atoms with Gasteiger partial charge in [0.2, 0.25) is 0 Å². The van der Waals surface area contributed by atoms with E-state index >= 15 is 0 Å². The molecule has 0 aliphatic heterocycles. The Morgan fingerprint density at radius 3 is 2.30 bits per heavy atom. The third-order valence-electron chi connectivity index (χ3n) is 3.40. The molecule has 0 fully saturated rings. The summed E-state index contributed by atoms with van der Waals surface area (Å²) in [5, 5.41) is 2.82. The van der Waals surface area contributed by atoms with E-state index in [2.05, 4.69) is 9.99 Å². The molecule has 0 aliphatic carbocycles. The standard InChI is InChI=1S/C15H12ClFN4O5S/c1-7(22)6-18-26-12(23)8-4-11(10(17)5-9(8)16)21-13(24)19(2)15(27)20(3)14(21)25/h4-6H,1-3H3. The Bertz CT molecular complexity index is 1120. The van der Waals surface area contributed by atoms with E-state index in [4.69, 9.17) is 23.8 Å². The lowest BCUT2D eigenvalue weighted by Gasteiger charge is -2.12. The number of halogens is 2. The van der Waals surface area contributed by atoms with E-state index in [0.29, 0.717) is 4.57 Å². The van der Waals surface area contributed by atoms with Crippen LogP contribution in [0.3, 0.4) is 0 Å². The molecule has 0 radical (unpaired) electrons. The van der Waals surface area contributed by atoms with Crippen LogP contribution in [0.15, 0.2) is 26.9 Å². The first-order valence-corrected chi connectivity index (χ1v) is 7.98. The maximum absolute atomic E-state index is 14.4. The molecule has 1 aromatic heterocycles. The van der Waals surface area contributed by atoms with Crippen LogP contribution in [0, 0.1) is 10.6 Å². The van der Waals surface area contributed by atoms with Gasteiger partial charge >= 0.3 is 17.3 Å². The molecule has 0 aliphatic rings. The summed E-state index contributed by atoms with van der Waals surface area (Å²) in [6, 6.07) is 1.62. The minimum atomic E-state index is -1.12. The third-order valence-corrected chi connectivity index (χ3v) is 4.26. The summed E-state index contributed by atoms with van der Waals surface area (Å²) >= 11 is 10.8. The van der Waals surface area contributed by atoms with Crippen LogP contribution in [-0.4, -0.2) is 31.7 Å². The van der Waals surface area contributed by atoms with E-state index in [1.54, 1.807) is 0 Å². The first kappa shape index (κ1) is 20.4. The molecule has 0 bridgehead atoms. The van der Waals surface area contributed by atoms with E-state index in [1.807, 2.05) is 0 Å². The van der Waals surface area contributed by atoms with E-state index in [9.17, 15) is 23.6 Å². The molecule has 0 N–H and O–H groups in total. The van der Waals surface area contributed by atoms with Gasteiger partial charge < -0.3 is 4.84 Å². The minimum absolute atomic E-state index is 0.0752. The predicted molar refractivity (Wildman–Crippen MR) is 96.6 cm³/mol. The maximum atomic E-state index is 14.4. The lowest BCUT2D eigenvalue weighted by atomic mass is 10.2. The summed E-state index contributed by atoms with van der Waals surface area (Å²) in [5.74, 6) is -2.62. The molecule has 1 heterocycles. The highest BCUT2D eigenvalue weighted by atomic mass is 35.5. The van der Waals surface area contributed by atoms with Crippen molar-refractivity contribution in [1.29, 1.82) is 0 Å². The lowest BCUT2D eigenvalue weighted by molar-refractivity contribution is -0.110. The zero-order valence-corrected chi connectivity index (χ0v) is 15.8. The number of ketones is 1. The molecule has 0 spiro atoms. The predicted octanol–water partition coefficient (Wildman–Crippen LogP) is 1.13. The number of rotatable bonds is 4. The third kappa shape index (κ3) is 3.93. The maximum Gasteiger partial charge on any atom is 0.367 e. The van der Waals surface area contributed by atoms with Gasteiger partial charge in [-0.15, -0.1) is 0 Å². The van der Waals surface area contributed by atoms with Crippen molar-refractivity contribution < 1.29 is 18.8 Å². The number of carbonyl (C=O) groups excluding carboxylic acids is 2. The van der Waals surface area contributed by atoms with E-state index in [-0.39, 0.29) is 15.4 Å². The highest BCUT2D eigenvalue weighted by molar-refractivity contribution is 7.71. The molecule has 12 heteroatoms. The number of aromatic nitrogens is 3. The summed E-state index contributed by atoms with van der Waals surface area (Å²) in [7, 11) is 2.61. The average Bonchev–Trinajstić information content (AvgIpc) is 2.59. The number of benzene rings is 1. The van der Waals surface area contributed by atoms with Gasteiger partial charge in [-0.2, -0.15) is 0 Å². The van der Waals surface area contributed by atoms with Gasteiger partial charge in [0.15, 0.2) is 10.6 Å². The Hall–Kier alpha value is -2.92. The van der Waals surface area contributed by atoms with Gasteiger partial charge in [0.1, 0.15) is 12.0 Å². The fourth-order valence-electron chi connectivity index (χ4n) is 2.04. The van der Waals surface area contributed by atoms with Gasteiger partial charge in [-0.25, -0.2) is 23.3 Å². The smallest absolute Gasteiger partial charge is 0.313 e. The number of nitrogens with zero attached hydrogens (tertiary/aromatic N) is 4. The molecule has 0 saturated heterocycles. The molecule has 0 atom stereocenters. The molecular weight excluding hydrogens is 403 g/mol. The van der Waals surface area contributed by atoms with Gasteiger partial charge in [0.05, 0.1) is 16.3 Å². The van der Waals surface area contributed by atoms with Crippen molar-refractivity contribution in [2.45, 2.75) is 6.92 Å². The largest absolute Gasteiger partial charge is 0.367 e. The zero-order valence-electron chi connectivity index (χ0n) is 14.2. The highest BCUT2D eigenvalue weighted by Gasteiger charge is 2.21. The lowest BCUT2D eigenvalue weighted by Crippen LogP contribution is -2.43. The summed E-state index contributed by atoms with van der Waals surface area (Å²) in [6.07, 6.45) is 0.749. The van der Waals surface area contributed by atoms with Crippen molar-refractivity contribution in [2.24, 2.45) is 19.3 Å². The molecule has 27 heavy (non-hydrogen) atoms. The molecule has 2 rings (SSSR count). The summed E-state index contributed by atoms with van der Waals surface area (Å²) < 4.78 is 16.7. The molecular formula is C15H12ClFN4O5S. The number of hydrogen-bond donors (Lipinski definition) is 0. The monoisotopic (exact) mass is 414 g/mol. The summed E-state index contributed by atoms with van der Waals surface area (Å²) in [6.45, 7) is 1.19. The molecule has 1 aromatic carbocycles. The van der Waals surface area contributed by atoms with Crippen molar-refractivity contribution in [1.82, 2.24) is 13.7 Å².